The molecule has 0 aliphatic carbocycles. The van der Waals surface area contributed by atoms with E-state index in [0.717, 1.165) is 10.5 Å². The zero-order valence-corrected chi connectivity index (χ0v) is 11.4. The lowest BCUT2D eigenvalue weighted by Crippen LogP contribution is -2.00. The number of nitrogens with zero attached hydrogens (tertiary/aromatic N) is 1. The second kappa shape index (κ2) is 5.90. The molecule has 6 heteroatoms. The van der Waals surface area contributed by atoms with Crippen molar-refractivity contribution in [1.29, 1.82) is 0 Å². The Balaban J connectivity index is 2.38. The van der Waals surface area contributed by atoms with Gasteiger partial charge >= 0.3 is 5.97 Å². The predicted octanol–water partition coefficient (Wildman–Crippen LogP) is 2.91. The third kappa shape index (κ3) is 2.97. The van der Waals surface area contributed by atoms with Crippen LogP contribution in [-0.2, 0) is 11.3 Å². The van der Waals surface area contributed by atoms with E-state index in [-0.39, 0.29) is 18.3 Å². The zero-order chi connectivity index (χ0) is 13.8. The number of methoxy groups -OCH3 is 1. The molecule has 1 aromatic carbocycles. The normalized spacial score (nSPS) is 10.6. The van der Waals surface area contributed by atoms with Crippen LogP contribution in [0.2, 0.25) is 0 Å². The number of oxazole rings is 1. The lowest BCUT2D eigenvalue weighted by Gasteiger charge is -1.97. The van der Waals surface area contributed by atoms with Crippen LogP contribution >= 0.6 is 11.8 Å². The Kier molecular flexibility index (Phi) is 4.24. The molecule has 0 saturated carbocycles. The molecule has 0 aliphatic rings. The molecule has 0 fully saturated rings. The van der Waals surface area contributed by atoms with Crippen molar-refractivity contribution in [2.45, 2.75) is 11.5 Å². The summed E-state index contributed by atoms with van der Waals surface area (Å²) in [5, 5.41) is 9.04. The van der Waals surface area contributed by atoms with E-state index in [4.69, 9.17) is 14.3 Å². The number of thioether (sulfide) groups is 1. The van der Waals surface area contributed by atoms with Gasteiger partial charge in [0.15, 0.2) is 0 Å². The summed E-state index contributed by atoms with van der Waals surface area (Å²) < 4.78 is 10.2. The second-order valence-corrected chi connectivity index (χ2v) is 4.64. The number of rotatable bonds is 5. The third-order valence-corrected chi connectivity index (χ3v) is 3.25. The maximum Gasteiger partial charge on any atom is 0.373 e. The van der Waals surface area contributed by atoms with E-state index >= 15 is 0 Å². The van der Waals surface area contributed by atoms with E-state index in [1.54, 1.807) is 11.8 Å². The Morgan fingerprint density at radius 1 is 1.42 bits per heavy atom. The van der Waals surface area contributed by atoms with E-state index in [9.17, 15) is 4.79 Å². The average Bonchev–Trinajstić information content (AvgIpc) is 2.83. The molecule has 5 nitrogen and oxygen atoms in total. The summed E-state index contributed by atoms with van der Waals surface area (Å²) in [6.07, 6.45) is 1.99. The lowest BCUT2D eigenvalue weighted by molar-refractivity contribution is 0.0656. The summed E-state index contributed by atoms with van der Waals surface area (Å²) in [6.45, 7) is 0.105. The molecule has 0 aliphatic heterocycles. The summed E-state index contributed by atoms with van der Waals surface area (Å²) in [6, 6.07) is 7.56. The molecule has 0 bridgehead atoms. The number of benzene rings is 1. The number of carbonyl (C=O) groups is 1. The first-order chi connectivity index (χ1) is 9.15. The summed E-state index contributed by atoms with van der Waals surface area (Å²) in [5.74, 6) is -1.03. The van der Waals surface area contributed by atoms with Gasteiger partial charge in [0.05, 0.1) is 6.61 Å². The van der Waals surface area contributed by atoms with Crippen molar-refractivity contribution in [1.82, 2.24) is 4.98 Å². The number of ether oxygens (including phenoxy) is 1. The smallest absolute Gasteiger partial charge is 0.373 e. The fourth-order valence-corrected chi connectivity index (χ4v) is 2.02. The Morgan fingerprint density at radius 3 is 2.63 bits per heavy atom. The number of carboxylic acids is 1. The third-order valence-electron chi connectivity index (χ3n) is 2.51. The molecule has 100 valence electrons. The Morgan fingerprint density at radius 2 is 2.11 bits per heavy atom. The van der Waals surface area contributed by atoms with Crippen LogP contribution in [0.4, 0.5) is 0 Å². The fourth-order valence-electron chi connectivity index (χ4n) is 1.61. The number of aromatic carboxylic acids is 1. The van der Waals surface area contributed by atoms with Crippen molar-refractivity contribution in [2.24, 2.45) is 0 Å². The van der Waals surface area contributed by atoms with Crippen LogP contribution in [0.5, 0.6) is 0 Å². The first-order valence-electron chi connectivity index (χ1n) is 5.52. The van der Waals surface area contributed by atoms with Crippen LogP contribution in [-0.4, -0.2) is 29.4 Å². The van der Waals surface area contributed by atoms with Gasteiger partial charge in [0, 0.05) is 17.6 Å². The minimum absolute atomic E-state index is 0.105. The number of hydrogen-bond donors (Lipinski definition) is 1. The topological polar surface area (TPSA) is 72.6 Å². The molecule has 0 atom stereocenters. The molecule has 1 N–H and O–H groups in total. The maximum atomic E-state index is 11.0. The maximum absolute atomic E-state index is 11.0. The summed E-state index contributed by atoms with van der Waals surface area (Å²) >= 11 is 1.63. The quantitative estimate of drug-likeness (QED) is 0.848. The summed E-state index contributed by atoms with van der Waals surface area (Å²) in [4.78, 5) is 16.3. The highest BCUT2D eigenvalue weighted by Crippen LogP contribution is 2.25. The summed E-state index contributed by atoms with van der Waals surface area (Å²) in [7, 11) is 1.48. The van der Waals surface area contributed by atoms with Crippen LogP contribution in [0.3, 0.4) is 0 Å². The van der Waals surface area contributed by atoms with Crippen molar-refractivity contribution in [3.63, 3.8) is 0 Å². The van der Waals surface area contributed by atoms with Crippen molar-refractivity contribution in [3.05, 3.63) is 35.7 Å². The fraction of sp³-hybridized carbons (Fsp3) is 0.231. The summed E-state index contributed by atoms with van der Waals surface area (Å²) in [5.41, 5.74) is 1.03. The van der Waals surface area contributed by atoms with Crippen LogP contribution in [0, 0.1) is 0 Å². The van der Waals surface area contributed by atoms with Crippen LogP contribution < -0.4 is 0 Å². The van der Waals surface area contributed by atoms with Gasteiger partial charge in [-0.05, 0) is 30.5 Å². The van der Waals surface area contributed by atoms with E-state index in [2.05, 4.69) is 4.98 Å². The van der Waals surface area contributed by atoms with Gasteiger partial charge in [-0.2, -0.15) is 0 Å². The SMILES string of the molecule is COCc1nc(-c2ccc(SC)cc2)oc1C(=O)O. The molecule has 1 heterocycles. The minimum atomic E-state index is -1.15. The number of hydrogen-bond acceptors (Lipinski definition) is 5. The standard InChI is InChI=1S/C13H13NO4S/c1-17-7-10-11(13(15)16)18-12(14-10)8-3-5-9(19-2)6-4-8/h3-6H,7H2,1-2H3,(H,15,16). The molecule has 0 spiro atoms. The van der Waals surface area contributed by atoms with Crippen LogP contribution in [0.15, 0.2) is 33.6 Å². The Labute approximate surface area is 114 Å². The number of aromatic nitrogens is 1. The van der Waals surface area contributed by atoms with Crippen molar-refractivity contribution in [3.8, 4) is 11.5 Å². The van der Waals surface area contributed by atoms with Crippen molar-refractivity contribution < 1.29 is 19.1 Å². The molecule has 19 heavy (non-hydrogen) atoms. The Hall–Kier alpha value is -1.79. The van der Waals surface area contributed by atoms with Gasteiger partial charge in [0.2, 0.25) is 11.7 Å². The van der Waals surface area contributed by atoms with Gasteiger partial charge < -0.3 is 14.3 Å². The first kappa shape index (κ1) is 13.6. The molecule has 2 rings (SSSR count). The molecular formula is C13H13NO4S. The molecular weight excluding hydrogens is 266 g/mol. The highest BCUT2D eigenvalue weighted by atomic mass is 32.2. The minimum Gasteiger partial charge on any atom is -0.475 e. The van der Waals surface area contributed by atoms with Crippen LogP contribution in [0.25, 0.3) is 11.5 Å². The number of carboxylic acid groups (broad SMARTS) is 1. The van der Waals surface area contributed by atoms with Crippen molar-refractivity contribution in [2.75, 3.05) is 13.4 Å². The highest BCUT2D eigenvalue weighted by molar-refractivity contribution is 7.98. The highest BCUT2D eigenvalue weighted by Gasteiger charge is 2.20. The largest absolute Gasteiger partial charge is 0.475 e. The zero-order valence-electron chi connectivity index (χ0n) is 10.5. The average molecular weight is 279 g/mol. The molecule has 0 amide bonds. The van der Waals surface area contributed by atoms with Gasteiger partial charge in [-0.1, -0.05) is 0 Å². The van der Waals surface area contributed by atoms with Gasteiger partial charge in [-0.25, -0.2) is 9.78 Å². The molecule has 0 unspecified atom stereocenters. The second-order valence-electron chi connectivity index (χ2n) is 3.76. The van der Waals surface area contributed by atoms with E-state index in [1.165, 1.54) is 7.11 Å². The van der Waals surface area contributed by atoms with E-state index in [0.29, 0.717) is 5.69 Å². The van der Waals surface area contributed by atoms with Crippen molar-refractivity contribution >= 4 is 17.7 Å². The van der Waals surface area contributed by atoms with E-state index < -0.39 is 5.97 Å². The molecule has 0 radical (unpaired) electrons. The predicted molar refractivity (Wildman–Crippen MR) is 71.4 cm³/mol. The van der Waals surface area contributed by atoms with Crippen LogP contribution in [0.1, 0.15) is 16.2 Å². The molecule has 2 aromatic rings. The van der Waals surface area contributed by atoms with E-state index in [1.807, 2.05) is 30.5 Å². The van der Waals surface area contributed by atoms with Gasteiger partial charge in [0.1, 0.15) is 5.69 Å². The lowest BCUT2D eigenvalue weighted by atomic mass is 10.2. The van der Waals surface area contributed by atoms with Gasteiger partial charge in [-0.15, -0.1) is 11.8 Å². The molecule has 0 saturated heterocycles. The van der Waals surface area contributed by atoms with Gasteiger partial charge in [0.25, 0.3) is 0 Å². The molecule has 1 aromatic heterocycles. The monoisotopic (exact) mass is 279 g/mol. The van der Waals surface area contributed by atoms with Gasteiger partial charge in [-0.3, -0.25) is 0 Å². The first-order valence-corrected chi connectivity index (χ1v) is 6.74. The Bertz CT molecular complexity index is 577.